The Morgan fingerprint density at radius 3 is 2.83 bits per heavy atom. The molecule has 0 amide bonds. The van der Waals surface area contributed by atoms with E-state index in [0.29, 0.717) is 18.6 Å². The first-order chi connectivity index (χ1) is 5.74. The van der Waals surface area contributed by atoms with E-state index >= 15 is 0 Å². The van der Waals surface area contributed by atoms with Gasteiger partial charge < -0.3 is 0 Å². The number of Topliss-reactive ketones (excluding diaryl/α,β-unsaturated/α-hetero) is 1. The van der Waals surface area contributed by atoms with Crippen molar-refractivity contribution in [2.45, 2.75) is 26.2 Å². The van der Waals surface area contributed by atoms with Gasteiger partial charge in [-0.2, -0.15) is 11.3 Å². The van der Waals surface area contributed by atoms with Gasteiger partial charge in [-0.25, -0.2) is 0 Å². The lowest BCUT2D eigenvalue weighted by atomic mass is 10.1. The molecule has 1 nitrogen and oxygen atoms in total. The van der Waals surface area contributed by atoms with E-state index in [0.717, 1.165) is 10.9 Å². The van der Waals surface area contributed by atoms with Gasteiger partial charge in [0.05, 0.1) is 0 Å². The maximum atomic E-state index is 11.0. The second-order valence-corrected chi connectivity index (χ2v) is 4.24. The van der Waals surface area contributed by atoms with E-state index in [9.17, 15) is 4.79 Å². The van der Waals surface area contributed by atoms with Gasteiger partial charge in [0.2, 0.25) is 0 Å². The first-order valence-electron chi connectivity index (χ1n) is 3.96. The molecule has 1 aromatic rings. The molecule has 0 bridgehead atoms. The van der Waals surface area contributed by atoms with Crippen molar-refractivity contribution in [1.82, 2.24) is 0 Å². The lowest BCUT2D eigenvalue weighted by molar-refractivity contribution is -0.118. The summed E-state index contributed by atoms with van der Waals surface area (Å²) in [6.45, 7) is 1.91. The molecule has 0 aliphatic rings. The van der Waals surface area contributed by atoms with E-state index < -0.39 is 0 Å². The predicted octanol–water partition coefficient (Wildman–Crippen LogP) is 3.42. The van der Waals surface area contributed by atoms with Crippen LogP contribution in [0.4, 0.5) is 0 Å². The van der Waals surface area contributed by atoms with Crippen LogP contribution >= 0.6 is 27.3 Å². The second kappa shape index (κ2) is 4.77. The second-order valence-electron chi connectivity index (χ2n) is 2.64. The van der Waals surface area contributed by atoms with Crippen LogP contribution in [0.15, 0.2) is 15.2 Å². The number of hydrogen-bond donors (Lipinski definition) is 0. The highest BCUT2D eigenvalue weighted by Gasteiger charge is 2.03. The smallest absolute Gasteiger partial charge is 0.132 e. The number of rotatable bonds is 4. The van der Waals surface area contributed by atoms with Gasteiger partial charge in [-0.3, -0.25) is 4.79 Å². The monoisotopic (exact) mass is 246 g/mol. The SMILES string of the molecule is CCC(=O)CCc1cscc1Br. The van der Waals surface area contributed by atoms with Gasteiger partial charge in [-0.15, -0.1) is 0 Å². The molecule has 1 aromatic heterocycles. The summed E-state index contributed by atoms with van der Waals surface area (Å²) in [5.41, 5.74) is 1.25. The maximum Gasteiger partial charge on any atom is 0.132 e. The number of halogens is 1. The molecule has 0 unspecified atom stereocenters. The molecule has 0 fully saturated rings. The van der Waals surface area contributed by atoms with Crippen LogP contribution in [0.5, 0.6) is 0 Å². The van der Waals surface area contributed by atoms with Gasteiger partial charge in [-0.1, -0.05) is 6.92 Å². The minimum atomic E-state index is 0.341. The molecule has 0 saturated heterocycles. The van der Waals surface area contributed by atoms with Crippen LogP contribution in [-0.2, 0) is 11.2 Å². The third-order valence-electron chi connectivity index (χ3n) is 1.76. The number of ketones is 1. The molecule has 0 atom stereocenters. The van der Waals surface area contributed by atoms with Crippen LogP contribution in [0.25, 0.3) is 0 Å². The van der Waals surface area contributed by atoms with Gasteiger partial charge in [-0.05, 0) is 33.3 Å². The summed E-state index contributed by atoms with van der Waals surface area (Å²) in [5.74, 6) is 0.341. The van der Waals surface area contributed by atoms with Crippen LogP contribution < -0.4 is 0 Å². The van der Waals surface area contributed by atoms with Gasteiger partial charge in [0.15, 0.2) is 0 Å². The van der Waals surface area contributed by atoms with Gasteiger partial charge >= 0.3 is 0 Å². The van der Waals surface area contributed by atoms with E-state index in [2.05, 4.69) is 21.3 Å². The van der Waals surface area contributed by atoms with Crippen molar-refractivity contribution in [1.29, 1.82) is 0 Å². The average molecular weight is 247 g/mol. The Bertz CT molecular complexity index is 267. The van der Waals surface area contributed by atoms with Crippen molar-refractivity contribution in [3.8, 4) is 0 Å². The molecule has 0 aliphatic carbocycles. The topological polar surface area (TPSA) is 17.1 Å². The van der Waals surface area contributed by atoms with Crippen LogP contribution in [0.1, 0.15) is 25.3 Å². The van der Waals surface area contributed by atoms with Crippen molar-refractivity contribution in [2.75, 3.05) is 0 Å². The summed E-state index contributed by atoms with van der Waals surface area (Å²) in [6.07, 6.45) is 2.20. The Hall–Kier alpha value is -0.150. The summed E-state index contributed by atoms with van der Waals surface area (Å²) < 4.78 is 1.14. The zero-order chi connectivity index (χ0) is 8.97. The van der Waals surface area contributed by atoms with Crippen molar-refractivity contribution in [2.24, 2.45) is 0 Å². The van der Waals surface area contributed by atoms with Crippen molar-refractivity contribution < 1.29 is 4.79 Å². The molecular weight excluding hydrogens is 236 g/mol. The fourth-order valence-corrected chi connectivity index (χ4v) is 2.47. The molecule has 0 aliphatic heterocycles. The largest absolute Gasteiger partial charge is 0.300 e. The summed E-state index contributed by atoms with van der Waals surface area (Å²) >= 11 is 5.10. The van der Waals surface area contributed by atoms with E-state index in [4.69, 9.17) is 0 Å². The van der Waals surface area contributed by atoms with Crippen LogP contribution in [0.3, 0.4) is 0 Å². The number of hydrogen-bond acceptors (Lipinski definition) is 2. The molecule has 66 valence electrons. The number of carbonyl (C=O) groups is 1. The maximum absolute atomic E-state index is 11.0. The molecule has 12 heavy (non-hydrogen) atoms. The lowest BCUT2D eigenvalue weighted by Crippen LogP contribution is -1.96. The molecule has 1 rings (SSSR count). The van der Waals surface area contributed by atoms with Gasteiger partial charge in [0.1, 0.15) is 5.78 Å². The number of carbonyl (C=O) groups excluding carboxylic acids is 1. The Balaban J connectivity index is 2.43. The molecule has 1 heterocycles. The standard InChI is InChI=1S/C9H11BrOS/c1-2-8(11)4-3-7-5-12-6-9(7)10/h5-6H,2-4H2,1H3. The highest BCUT2D eigenvalue weighted by atomic mass is 79.9. The molecule has 0 saturated carbocycles. The average Bonchev–Trinajstić information content (AvgIpc) is 2.47. The molecule has 3 heteroatoms. The molecule has 0 aromatic carbocycles. The summed E-state index contributed by atoms with van der Waals surface area (Å²) in [5, 5.41) is 4.14. The Morgan fingerprint density at radius 2 is 2.33 bits per heavy atom. The molecule has 0 radical (unpaired) electrons. The van der Waals surface area contributed by atoms with E-state index in [1.165, 1.54) is 5.56 Å². The first kappa shape index (κ1) is 9.93. The summed E-state index contributed by atoms with van der Waals surface area (Å²) in [6, 6.07) is 0. The van der Waals surface area contributed by atoms with Crippen molar-refractivity contribution in [3.63, 3.8) is 0 Å². The highest BCUT2D eigenvalue weighted by molar-refractivity contribution is 9.10. The first-order valence-corrected chi connectivity index (χ1v) is 5.70. The fourth-order valence-electron chi connectivity index (χ4n) is 0.937. The van der Waals surface area contributed by atoms with Crippen LogP contribution in [-0.4, -0.2) is 5.78 Å². The quantitative estimate of drug-likeness (QED) is 0.796. The van der Waals surface area contributed by atoms with E-state index in [1.54, 1.807) is 11.3 Å². The summed E-state index contributed by atoms with van der Waals surface area (Å²) in [7, 11) is 0. The normalized spacial score (nSPS) is 10.2. The Labute approximate surface area is 84.9 Å². The number of thiophene rings is 1. The zero-order valence-electron chi connectivity index (χ0n) is 6.97. The van der Waals surface area contributed by atoms with Crippen LogP contribution in [0, 0.1) is 0 Å². The highest BCUT2D eigenvalue weighted by Crippen LogP contribution is 2.22. The van der Waals surface area contributed by atoms with Gasteiger partial charge in [0.25, 0.3) is 0 Å². The summed E-state index contributed by atoms with van der Waals surface area (Å²) in [4.78, 5) is 11.0. The third kappa shape index (κ3) is 2.72. The molecule has 0 spiro atoms. The van der Waals surface area contributed by atoms with Crippen molar-refractivity contribution in [3.05, 3.63) is 20.8 Å². The van der Waals surface area contributed by atoms with E-state index in [1.807, 2.05) is 12.3 Å². The number of aryl methyl sites for hydroxylation is 1. The lowest BCUT2D eigenvalue weighted by Gasteiger charge is -1.96. The predicted molar refractivity (Wildman–Crippen MR) is 55.6 cm³/mol. The third-order valence-corrected chi connectivity index (χ3v) is 3.59. The van der Waals surface area contributed by atoms with E-state index in [-0.39, 0.29) is 0 Å². The van der Waals surface area contributed by atoms with Gasteiger partial charge in [0, 0.05) is 22.7 Å². The fraction of sp³-hybridized carbons (Fsp3) is 0.444. The Morgan fingerprint density at radius 1 is 1.58 bits per heavy atom. The zero-order valence-corrected chi connectivity index (χ0v) is 9.37. The minimum absolute atomic E-state index is 0.341. The molecule has 0 N–H and O–H groups in total. The minimum Gasteiger partial charge on any atom is -0.300 e. The Kier molecular flexibility index (Phi) is 3.95. The van der Waals surface area contributed by atoms with Crippen LogP contribution in [0.2, 0.25) is 0 Å². The molecular formula is C9H11BrOS. The van der Waals surface area contributed by atoms with Crippen molar-refractivity contribution >= 4 is 33.0 Å².